The van der Waals surface area contributed by atoms with Crippen molar-refractivity contribution < 1.29 is 4.39 Å². The quantitative estimate of drug-likeness (QED) is 0.889. The summed E-state index contributed by atoms with van der Waals surface area (Å²) in [7, 11) is 1.98. The van der Waals surface area contributed by atoms with Gasteiger partial charge in [-0.15, -0.1) is 0 Å². The summed E-state index contributed by atoms with van der Waals surface area (Å²) in [6.45, 7) is 0.800. The van der Waals surface area contributed by atoms with Gasteiger partial charge in [-0.25, -0.2) is 4.39 Å². The largest absolute Gasteiger partial charge is 0.373 e. The zero-order valence-electron chi connectivity index (χ0n) is 11.1. The molecule has 0 saturated heterocycles. The molecule has 0 radical (unpaired) electrons. The number of hydrogen-bond acceptors (Lipinski definition) is 2. The number of halogens is 1. The van der Waals surface area contributed by atoms with Crippen molar-refractivity contribution in [2.75, 3.05) is 18.5 Å². The number of benzene rings is 1. The van der Waals surface area contributed by atoms with E-state index in [1.54, 1.807) is 12.1 Å². The van der Waals surface area contributed by atoms with E-state index in [4.69, 9.17) is 5.73 Å². The molecule has 1 atom stereocenters. The fourth-order valence-corrected chi connectivity index (χ4v) is 2.85. The highest BCUT2D eigenvalue weighted by Crippen LogP contribution is 2.26. The van der Waals surface area contributed by atoms with Crippen LogP contribution in [0.15, 0.2) is 24.3 Å². The molecule has 0 aromatic heterocycles. The first-order chi connectivity index (χ1) is 8.66. The minimum atomic E-state index is -0.189. The average molecular weight is 250 g/mol. The zero-order valence-corrected chi connectivity index (χ0v) is 11.1. The Hall–Kier alpha value is -1.09. The molecule has 1 aliphatic carbocycles. The maximum Gasteiger partial charge on any atom is 0.125 e. The van der Waals surface area contributed by atoms with Crippen molar-refractivity contribution in [1.29, 1.82) is 0 Å². The highest BCUT2D eigenvalue weighted by Gasteiger charge is 2.21. The molecule has 1 aromatic rings. The minimum absolute atomic E-state index is 0.189. The van der Waals surface area contributed by atoms with Gasteiger partial charge in [-0.05, 0) is 37.0 Å². The third-order valence-electron chi connectivity index (χ3n) is 3.99. The SMILES string of the molecule is CN(CC(N)C1CCCCC1)c1cccc(F)c1. The summed E-state index contributed by atoms with van der Waals surface area (Å²) in [5, 5.41) is 0. The molecule has 3 heteroatoms. The van der Waals surface area contributed by atoms with Gasteiger partial charge in [0.25, 0.3) is 0 Å². The zero-order chi connectivity index (χ0) is 13.0. The van der Waals surface area contributed by atoms with Crippen LogP contribution in [-0.4, -0.2) is 19.6 Å². The highest BCUT2D eigenvalue weighted by atomic mass is 19.1. The van der Waals surface area contributed by atoms with Crippen LogP contribution >= 0.6 is 0 Å². The number of rotatable bonds is 4. The lowest BCUT2D eigenvalue weighted by Crippen LogP contribution is -2.41. The molecule has 0 aliphatic heterocycles. The molecular formula is C15H23FN2. The van der Waals surface area contributed by atoms with E-state index in [2.05, 4.69) is 4.90 Å². The fraction of sp³-hybridized carbons (Fsp3) is 0.600. The van der Waals surface area contributed by atoms with Crippen molar-refractivity contribution in [3.63, 3.8) is 0 Å². The van der Waals surface area contributed by atoms with E-state index in [9.17, 15) is 4.39 Å². The standard InChI is InChI=1S/C15H23FN2/c1-18(14-9-5-8-13(16)10-14)11-15(17)12-6-3-2-4-7-12/h5,8-10,12,15H,2-4,6-7,11,17H2,1H3. The lowest BCUT2D eigenvalue weighted by Gasteiger charge is -2.31. The Morgan fingerprint density at radius 3 is 2.72 bits per heavy atom. The lowest BCUT2D eigenvalue weighted by molar-refractivity contribution is 0.306. The molecule has 1 unspecified atom stereocenters. The van der Waals surface area contributed by atoms with Gasteiger partial charge in [0.15, 0.2) is 0 Å². The smallest absolute Gasteiger partial charge is 0.125 e. The number of nitrogens with zero attached hydrogens (tertiary/aromatic N) is 1. The molecular weight excluding hydrogens is 227 g/mol. The third-order valence-corrected chi connectivity index (χ3v) is 3.99. The van der Waals surface area contributed by atoms with Crippen LogP contribution in [0.25, 0.3) is 0 Å². The van der Waals surface area contributed by atoms with E-state index in [0.29, 0.717) is 5.92 Å². The number of anilines is 1. The minimum Gasteiger partial charge on any atom is -0.373 e. The van der Waals surface area contributed by atoms with Gasteiger partial charge in [0.05, 0.1) is 0 Å². The lowest BCUT2D eigenvalue weighted by atomic mass is 9.84. The third kappa shape index (κ3) is 3.45. The summed E-state index contributed by atoms with van der Waals surface area (Å²) in [5.41, 5.74) is 7.19. The normalized spacial score (nSPS) is 18.6. The van der Waals surface area contributed by atoms with Crippen LogP contribution in [0.4, 0.5) is 10.1 Å². The van der Waals surface area contributed by atoms with Crippen molar-refractivity contribution in [3.8, 4) is 0 Å². The van der Waals surface area contributed by atoms with Crippen LogP contribution in [0.2, 0.25) is 0 Å². The molecule has 0 bridgehead atoms. The Kier molecular flexibility index (Phi) is 4.59. The monoisotopic (exact) mass is 250 g/mol. The summed E-state index contributed by atoms with van der Waals surface area (Å²) < 4.78 is 13.2. The molecule has 100 valence electrons. The van der Waals surface area contributed by atoms with Gasteiger partial charge >= 0.3 is 0 Å². The van der Waals surface area contributed by atoms with E-state index in [0.717, 1.165) is 12.2 Å². The summed E-state index contributed by atoms with van der Waals surface area (Å²) in [4.78, 5) is 2.06. The molecule has 0 spiro atoms. The Labute approximate surface area is 109 Å². The maximum atomic E-state index is 13.2. The number of likely N-dealkylation sites (N-methyl/N-ethyl adjacent to an activating group) is 1. The van der Waals surface area contributed by atoms with Gasteiger partial charge in [-0.2, -0.15) is 0 Å². The molecule has 1 aliphatic rings. The van der Waals surface area contributed by atoms with E-state index >= 15 is 0 Å². The van der Waals surface area contributed by atoms with Crippen LogP contribution in [0, 0.1) is 11.7 Å². The van der Waals surface area contributed by atoms with Gasteiger partial charge in [-0.3, -0.25) is 0 Å². The Morgan fingerprint density at radius 2 is 2.06 bits per heavy atom. The molecule has 1 aromatic carbocycles. The van der Waals surface area contributed by atoms with Crippen molar-refractivity contribution in [1.82, 2.24) is 0 Å². The summed E-state index contributed by atoms with van der Waals surface area (Å²) >= 11 is 0. The Morgan fingerprint density at radius 1 is 1.33 bits per heavy atom. The van der Waals surface area contributed by atoms with Gasteiger partial charge < -0.3 is 10.6 Å². The topological polar surface area (TPSA) is 29.3 Å². The van der Waals surface area contributed by atoms with Crippen LogP contribution in [0.1, 0.15) is 32.1 Å². The highest BCUT2D eigenvalue weighted by molar-refractivity contribution is 5.45. The first-order valence-corrected chi connectivity index (χ1v) is 6.89. The van der Waals surface area contributed by atoms with Crippen molar-refractivity contribution in [3.05, 3.63) is 30.1 Å². The maximum absolute atomic E-state index is 13.2. The molecule has 18 heavy (non-hydrogen) atoms. The van der Waals surface area contributed by atoms with Gasteiger partial charge in [0.1, 0.15) is 5.82 Å². The van der Waals surface area contributed by atoms with E-state index in [-0.39, 0.29) is 11.9 Å². The molecule has 0 amide bonds. The molecule has 2 rings (SSSR count). The molecule has 0 heterocycles. The second-order valence-corrected chi connectivity index (χ2v) is 5.42. The van der Waals surface area contributed by atoms with Crippen molar-refractivity contribution in [2.24, 2.45) is 11.7 Å². The van der Waals surface area contributed by atoms with Crippen LogP contribution < -0.4 is 10.6 Å². The number of nitrogens with two attached hydrogens (primary N) is 1. The van der Waals surface area contributed by atoms with E-state index < -0.39 is 0 Å². The second-order valence-electron chi connectivity index (χ2n) is 5.42. The molecule has 2 nitrogen and oxygen atoms in total. The van der Waals surface area contributed by atoms with E-state index in [1.807, 2.05) is 13.1 Å². The predicted octanol–water partition coefficient (Wildman–Crippen LogP) is 3.17. The van der Waals surface area contributed by atoms with Crippen molar-refractivity contribution in [2.45, 2.75) is 38.1 Å². The number of hydrogen-bond donors (Lipinski definition) is 1. The first kappa shape index (κ1) is 13.3. The Bertz CT molecular complexity index is 375. The van der Waals surface area contributed by atoms with Crippen molar-refractivity contribution >= 4 is 5.69 Å². The summed E-state index contributed by atoms with van der Waals surface area (Å²) in [6.07, 6.45) is 6.46. The molecule has 1 fully saturated rings. The molecule has 2 N–H and O–H groups in total. The first-order valence-electron chi connectivity index (χ1n) is 6.89. The summed E-state index contributed by atoms with van der Waals surface area (Å²) in [5.74, 6) is 0.445. The predicted molar refractivity (Wildman–Crippen MR) is 74.2 cm³/mol. The average Bonchev–Trinajstić information content (AvgIpc) is 2.39. The van der Waals surface area contributed by atoms with Crippen LogP contribution in [0.3, 0.4) is 0 Å². The second kappa shape index (κ2) is 6.19. The molecule has 1 saturated carbocycles. The van der Waals surface area contributed by atoms with Crippen LogP contribution in [-0.2, 0) is 0 Å². The van der Waals surface area contributed by atoms with Crippen LogP contribution in [0.5, 0.6) is 0 Å². The van der Waals surface area contributed by atoms with Gasteiger partial charge in [-0.1, -0.05) is 25.3 Å². The van der Waals surface area contributed by atoms with E-state index in [1.165, 1.54) is 38.2 Å². The Balaban J connectivity index is 1.91. The fourth-order valence-electron chi connectivity index (χ4n) is 2.85. The van der Waals surface area contributed by atoms with Gasteiger partial charge in [0.2, 0.25) is 0 Å². The van der Waals surface area contributed by atoms with Gasteiger partial charge in [0, 0.05) is 25.3 Å². The summed E-state index contributed by atoms with van der Waals surface area (Å²) in [6, 6.07) is 6.90.